The molecule has 0 bridgehead atoms. The smallest absolute Gasteiger partial charge is 0.224 e. The van der Waals surface area contributed by atoms with E-state index in [0.717, 1.165) is 0 Å². The Balaban J connectivity index is 1.79. The fourth-order valence-electron chi connectivity index (χ4n) is 1.93. The van der Waals surface area contributed by atoms with E-state index in [1.165, 1.54) is 0 Å². The number of hydrogen-bond donors (Lipinski definition) is 2. The number of amides is 2. The zero-order valence-corrected chi connectivity index (χ0v) is 12.7. The van der Waals surface area contributed by atoms with Gasteiger partial charge in [0, 0.05) is 24.2 Å². The Bertz CT molecular complexity index is 741. The number of carbonyl (C=O) groups excluding carboxylic acids is 2. The number of anilines is 2. The summed E-state index contributed by atoms with van der Waals surface area (Å²) in [6.45, 7) is 0. The maximum absolute atomic E-state index is 11.8. The first-order valence-electron chi connectivity index (χ1n) is 7.21. The second-order valence-electron chi connectivity index (χ2n) is 4.97. The van der Waals surface area contributed by atoms with Gasteiger partial charge in [-0.25, -0.2) is 0 Å². The van der Waals surface area contributed by atoms with E-state index in [9.17, 15) is 9.59 Å². The Kier molecular flexibility index (Phi) is 5.65. The van der Waals surface area contributed by atoms with Gasteiger partial charge in [-0.15, -0.1) is 0 Å². The third kappa shape index (κ3) is 4.97. The lowest BCUT2D eigenvalue weighted by Gasteiger charge is -2.06. The van der Waals surface area contributed by atoms with Crippen molar-refractivity contribution < 1.29 is 9.59 Å². The second kappa shape index (κ2) is 8.11. The van der Waals surface area contributed by atoms with E-state index in [0.29, 0.717) is 22.5 Å². The molecule has 0 aliphatic rings. The Labute approximate surface area is 139 Å². The normalized spacial score (nSPS) is 9.42. The van der Waals surface area contributed by atoms with Gasteiger partial charge < -0.3 is 10.6 Å². The minimum atomic E-state index is -0.283. The van der Waals surface area contributed by atoms with Gasteiger partial charge in [0.1, 0.15) is 0 Å². The first-order valence-corrected chi connectivity index (χ1v) is 7.21. The Morgan fingerprint density at radius 3 is 1.33 bits per heavy atom. The number of benzene rings is 2. The summed E-state index contributed by atoms with van der Waals surface area (Å²) in [6, 6.07) is 16.9. The van der Waals surface area contributed by atoms with Crippen LogP contribution in [0.5, 0.6) is 0 Å². The molecular weight excluding hydrogens is 304 g/mol. The maximum atomic E-state index is 11.8. The van der Waals surface area contributed by atoms with Crippen molar-refractivity contribution in [3.05, 3.63) is 59.7 Å². The molecule has 0 atom stereocenters. The average molecular weight is 318 g/mol. The molecule has 0 aliphatic heterocycles. The second-order valence-corrected chi connectivity index (χ2v) is 4.97. The van der Waals surface area contributed by atoms with Crippen molar-refractivity contribution in [2.75, 3.05) is 10.6 Å². The monoisotopic (exact) mass is 318 g/mol. The first-order chi connectivity index (χ1) is 11.6. The van der Waals surface area contributed by atoms with Gasteiger partial charge in [-0.1, -0.05) is 0 Å². The van der Waals surface area contributed by atoms with Gasteiger partial charge in [-0.2, -0.15) is 10.5 Å². The van der Waals surface area contributed by atoms with Crippen molar-refractivity contribution in [1.82, 2.24) is 0 Å². The van der Waals surface area contributed by atoms with Crippen LogP contribution < -0.4 is 10.6 Å². The number of carbonyl (C=O) groups is 2. The molecule has 24 heavy (non-hydrogen) atoms. The van der Waals surface area contributed by atoms with Crippen LogP contribution in [0.4, 0.5) is 11.4 Å². The van der Waals surface area contributed by atoms with Gasteiger partial charge in [0.15, 0.2) is 0 Å². The lowest BCUT2D eigenvalue weighted by molar-refractivity contribution is -0.121. The number of nitriles is 2. The van der Waals surface area contributed by atoms with Crippen LogP contribution in [-0.2, 0) is 9.59 Å². The van der Waals surface area contributed by atoms with Crippen LogP contribution in [0.2, 0.25) is 0 Å². The number of nitrogens with one attached hydrogen (secondary N) is 2. The molecule has 0 heterocycles. The summed E-state index contributed by atoms with van der Waals surface area (Å²) in [5.74, 6) is -0.565. The molecular formula is C18H14N4O2. The molecule has 2 rings (SSSR count). The van der Waals surface area contributed by atoms with Gasteiger partial charge >= 0.3 is 0 Å². The topological polar surface area (TPSA) is 106 Å². The molecule has 0 saturated carbocycles. The summed E-state index contributed by atoms with van der Waals surface area (Å²) >= 11 is 0. The molecule has 2 aromatic rings. The van der Waals surface area contributed by atoms with Crippen LogP contribution in [0.15, 0.2) is 48.5 Å². The third-order valence-electron chi connectivity index (χ3n) is 3.17. The SMILES string of the molecule is N#Cc1ccc(NC(=O)CCC(=O)Nc2ccc(C#N)cc2)cc1. The number of rotatable bonds is 5. The minimum Gasteiger partial charge on any atom is -0.326 e. The third-order valence-corrected chi connectivity index (χ3v) is 3.17. The van der Waals surface area contributed by atoms with E-state index in [1.54, 1.807) is 48.5 Å². The maximum Gasteiger partial charge on any atom is 0.224 e. The van der Waals surface area contributed by atoms with E-state index >= 15 is 0 Å². The van der Waals surface area contributed by atoms with E-state index in [-0.39, 0.29) is 24.7 Å². The molecule has 0 unspecified atom stereocenters. The van der Waals surface area contributed by atoms with Crippen LogP contribution in [0, 0.1) is 22.7 Å². The molecule has 0 saturated heterocycles. The molecule has 6 nitrogen and oxygen atoms in total. The summed E-state index contributed by atoms with van der Waals surface area (Å²) in [7, 11) is 0. The molecule has 6 heteroatoms. The van der Waals surface area contributed by atoms with Crippen LogP contribution in [0.25, 0.3) is 0 Å². The Morgan fingerprint density at radius 2 is 1.04 bits per heavy atom. The van der Waals surface area contributed by atoms with E-state index in [1.807, 2.05) is 12.1 Å². The highest BCUT2D eigenvalue weighted by molar-refractivity contribution is 5.96. The van der Waals surface area contributed by atoms with E-state index in [4.69, 9.17) is 10.5 Å². The van der Waals surface area contributed by atoms with Crippen molar-refractivity contribution in [2.24, 2.45) is 0 Å². The zero-order valence-electron chi connectivity index (χ0n) is 12.7. The number of nitrogens with zero attached hydrogens (tertiary/aromatic N) is 2. The standard InChI is InChI=1S/C18H14N4O2/c19-11-13-1-5-15(6-2-13)21-17(23)9-10-18(24)22-16-7-3-14(12-20)4-8-16/h1-8H,9-10H2,(H,21,23)(H,22,24). The molecule has 2 amide bonds. The van der Waals surface area contributed by atoms with Crippen molar-refractivity contribution in [3.63, 3.8) is 0 Å². The van der Waals surface area contributed by atoms with Crippen molar-refractivity contribution in [2.45, 2.75) is 12.8 Å². The lowest BCUT2D eigenvalue weighted by Crippen LogP contribution is -2.17. The molecule has 2 aromatic carbocycles. The van der Waals surface area contributed by atoms with Gasteiger partial charge in [0.25, 0.3) is 0 Å². The predicted octanol–water partition coefficient (Wildman–Crippen LogP) is 2.79. The van der Waals surface area contributed by atoms with Crippen LogP contribution in [0.3, 0.4) is 0 Å². The highest BCUT2D eigenvalue weighted by Gasteiger charge is 2.08. The fourth-order valence-corrected chi connectivity index (χ4v) is 1.93. The zero-order chi connectivity index (χ0) is 17.4. The van der Waals surface area contributed by atoms with Gasteiger partial charge in [-0.05, 0) is 48.5 Å². The molecule has 0 fully saturated rings. The quantitative estimate of drug-likeness (QED) is 0.884. The molecule has 0 aliphatic carbocycles. The lowest BCUT2D eigenvalue weighted by atomic mass is 10.2. The molecule has 0 spiro atoms. The molecule has 0 radical (unpaired) electrons. The summed E-state index contributed by atoms with van der Waals surface area (Å²) in [4.78, 5) is 23.6. The summed E-state index contributed by atoms with van der Waals surface area (Å²) in [5.41, 5.74) is 2.17. The summed E-state index contributed by atoms with van der Waals surface area (Å²) < 4.78 is 0. The van der Waals surface area contributed by atoms with Crippen LogP contribution in [-0.4, -0.2) is 11.8 Å². The van der Waals surface area contributed by atoms with Gasteiger partial charge in [0.05, 0.1) is 23.3 Å². The molecule has 0 aromatic heterocycles. The van der Waals surface area contributed by atoms with Crippen molar-refractivity contribution in [3.8, 4) is 12.1 Å². The minimum absolute atomic E-state index is 0.0438. The van der Waals surface area contributed by atoms with Gasteiger partial charge in [-0.3, -0.25) is 9.59 Å². The Hall–Kier alpha value is -3.64. The van der Waals surface area contributed by atoms with Crippen molar-refractivity contribution in [1.29, 1.82) is 10.5 Å². The Morgan fingerprint density at radius 1 is 0.708 bits per heavy atom. The highest BCUT2D eigenvalue weighted by Crippen LogP contribution is 2.11. The predicted molar refractivity (Wildman–Crippen MR) is 88.8 cm³/mol. The van der Waals surface area contributed by atoms with Crippen LogP contribution in [0.1, 0.15) is 24.0 Å². The van der Waals surface area contributed by atoms with Crippen LogP contribution >= 0.6 is 0 Å². The first kappa shape index (κ1) is 16.7. The summed E-state index contributed by atoms with van der Waals surface area (Å²) in [5, 5.41) is 22.7. The fraction of sp³-hybridized carbons (Fsp3) is 0.111. The average Bonchev–Trinajstić information content (AvgIpc) is 2.61. The highest BCUT2D eigenvalue weighted by atomic mass is 16.2. The molecule has 2 N–H and O–H groups in total. The summed E-state index contributed by atoms with van der Waals surface area (Å²) in [6.07, 6.45) is 0.0875. The largest absolute Gasteiger partial charge is 0.326 e. The molecule has 118 valence electrons. The van der Waals surface area contributed by atoms with Crippen molar-refractivity contribution >= 4 is 23.2 Å². The van der Waals surface area contributed by atoms with E-state index in [2.05, 4.69) is 10.6 Å². The van der Waals surface area contributed by atoms with E-state index < -0.39 is 0 Å². The number of hydrogen-bond acceptors (Lipinski definition) is 4. The van der Waals surface area contributed by atoms with Gasteiger partial charge in [0.2, 0.25) is 11.8 Å².